The average molecular weight is 751 g/mol. The molecule has 2 atom stereocenters. The Kier molecular flexibility index (Phi) is 7.91. The van der Waals surface area contributed by atoms with Crippen LogP contribution in [0.1, 0.15) is 34.0 Å². The van der Waals surface area contributed by atoms with Gasteiger partial charge in [0.1, 0.15) is 0 Å². The number of alkyl halides is 12. The van der Waals surface area contributed by atoms with Crippen LogP contribution in [0.25, 0.3) is 0 Å². The van der Waals surface area contributed by atoms with E-state index in [0.29, 0.717) is 24.3 Å². The first-order valence-corrected chi connectivity index (χ1v) is 16.6. The Hall–Kier alpha value is -2.01. The van der Waals surface area contributed by atoms with Crippen molar-refractivity contribution in [3.05, 3.63) is 131 Å². The fourth-order valence-electron chi connectivity index (χ4n) is 7.93. The van der Waals surface area contributed by atoms with Crippen molar-refractivity contribution in [1.29, 1.82) is 0 Å². The Labute approximate surface area is 311 Å². The van der Waals surface area contributed by atoms with Gasteiger partial charge in [-0.05, 0) is 0 Å². The molecule has 7 rings (SSSR count). The molecule has 1 spiro atoms. The Morgan fingerprint density at radius 2 is 0.776 bits per heavy atom. The van der Waals surface area contributed by atoms with Crippen LogP contribution >= 0.6 is 6.63 Å². The van der Waals surface area contributed by atoms with Gasteiger partial charge in [0.2, 0.25) is 0 Å². The van der Waals surface area contributed by atoms with Crippen molar-refractivity contribution in [2.75, 3.05) is 0 Å². The van der Waals surface area contributed by atoms with Gasteiger partial charge in [0, 0.05) is 0 Å². The zero-order valence-electron chi connectivity index (χ0n) is 24.8. The molecule has 0 N–H and O–H groups in total. The quantitative estimate of drug-likeness (QED) is 0.130. The third kappa shape index (κ3) is 4.01. The maximum atomic E-state index is 15.3. The standard InChI is InChI=1S/C32H20F12O3P.K/c33-29(34,35)27(30(36,37)38)21-15-7-9-17-23(21)48(46-27,24-18-10-8-16-22(24)28(47-48,31(39,40)41)32(42,43)44)26(20-13-5-2-6-14-20)25(45-48)19-11-3-1-4-12-19;/h1-18,25-26H;/q-1;+1. The molecule has 3 aliphatic heterocycles. The van der Waals surface area contributed by atoms with Gasteiger partial charge < -0.3 is 0 Å². The number of hydrogen-bond acceptors (Lipinski definition) is 3. The molecule has 0 saturated carbocycles. The minimum atomic E-state index is -8.28. The zero-order chi connectivity index (χ0) is 34.9. The van der Waals surface area contributed by atoms with E-state index in [1.54, 1.807) is 0 Å². The largest absolute Gasteiger partial charge is 1.00 e. The summed E-state index contributed by atoms with van der Waals surface area (Å²) in [6.07, 6.45) is -27.9. The van der Waals surface area contributed by atoms with Gasteiger partial charge in [-0.15, -0.1) is 0 Å². The van der Waals surface area contributed by atoms with E-state index in [4.69, 9.17) is 13.6 Å². The van der Waals surface area contributed by atoms with Gasteiger partial charge in [0.25, 0.3) is 0 Å². The fourth-order valence-corrected chi connectivity index (χ4v) is 16.5. The van der Waals surface area contributed by atoms with Crippen LogP contribution < -0.4 is 62.0 Å². The van der Waals surface area contributed by atoms with Crippen molar-refractivity contribution in [3.8, 4) is 0 Å². The van der Waals surface area contributed by atoms with Gasteiger partial charge in [-0.3, -0.25) is 0 Å². The van der Waals surface area contributed by atoms with Crippen LogP contribution in [0.3, 0.4) is 0 Å². The Balaban J connectivity index is 0.00000417. The van der Waals surface area contributed by atoms with Gasteiger partial charge in [0.05, 0.1) is 0 Å². The first-order valence-electron chi connectivity index (χ1n) is 14.1. The van der Waals surface area contributed by atoms with Gasteiger partial charge >= 0.3 is 314 Å². The van der Waals surface area contributed by atoms with Crippen molar-refractivity contribution in [2.45, 2.75) is 47.7 Å². The Morgan fingerprint density at radius 3 is 1.14 bits per heavy atom. The summed E-state index contributed by atoms with van der Waals surface area (Å²) in [6, 6.07) is 18.1. The molecule has 0 aliphatic carbocycles. The summed E-state index contributed by atoms with van der Waals surface area (Å²) in [5.74, 6) is 0. The second kappa shape index (κ2) is 10.5. The molecule has 1 fully saturated rings. The smallest absolute Gasteiger partial charge is 1.00 e. The van der Waals surface area contributed by atoms with Crippen LogP contribution in [0.2, 0.25) is 0 Å². The molecule has 0 bridgehead atoms. The summed E-state index contributed by atoms with van der Waals surface area (Å²) in [4.78, 5) is 0. The molecular formula is C32H20F12KO3P. The summed E-state index contributed by atoms with van der Waals surface area (Å²) < 4.78 is 201. The maximum absolute atomic E-state index is 15.3. The van der Waals surface area contributed by atoms with Gasteiger partial charge in [0.15, 0.2) is 0 Å². The summed E-state index contributed by atoms with van der Waals surface area (Å²) in [7, 11) is 0. The molecule has 2 unspecified atom stereocenters. The van der Waals surface area contributed by atoms with E-state index >= 15 is 52.7 Å². The molecule has 4 aromatic rings. The summed E-state index contributed by atoms with van der Waals surface area (Å²) in [5, 5.41) is -2.69. The number of fused-ring (bicyclic) bond motifs is 2. The molecule has 3 heterocycles. The van der Waals surface area contributed by atoms with E-state index in [1.807, 2.05) is 0 Å². The molecule has 49 heavy (non-hydrogen) atoms. The molecular weight excluding hydrogens is 730 g/mol. The molecule has 4 aromatic carbocycles. The van der Waals surface area contributed by atoms with E-state index in [2.05, 4.69) is 0 Å². The van der Waals surface area contributed by atoms with Crippen LogP contribution in [0, 0.1) is 0 Å². The molecule has 0 amide bonds. The minimum Gasteiger partial charge on any atom is 1.00 e. The van der Waals surface area contributed by atoms with Crippen LogP contribution in [0.15, 0.2) is 109 Å². The SMILES string of the molecule is FC(F)(F)C1(C(F)(F)F)O[P-]23(OC(c4ccccc4)C2c2ccccc2)(OC(C(F)(F)F)(C(F)(F)F)c2ccccc23)c2ccccc21.[K+]. The van der Waals surface area contributed by atoms with Crippen molar-refractivity contribution in [3.63, 3.8) is 0 Å². The first kappa shape index (κ1) is 36.8. The monoisotopic (exact) mass is 750 g/mol. The van der Waals surface area contributed by atoms with E-state index in [9.17, 15) is 0 Å². The van der Waals surface area contributed by atoms with Gasteiger partial charge in [-0.1, -0.05) is 0 Å². The van der Waals surface area contributed by atoms with E-state index in [0.717, 1.165) is 36.4 Å². The number of halogens is 12. The zero-order valence-corrected chi connectivity index (χ0v) is 28.8. The molecule has 0 radical (unpaired) electrons. The second-order valence-electron chi connectivity index (χ2n) is 11.8. The normalized spacial score (nSPS) is 25.5. The van der Waals surface area contributed by atoms with E-state index < -0.39 is 76.0 Å². The maximum Gasteiger partial charge on any atom is 1.00 e. The third-order valence-corrected chi connectivity index (χ3v) is 16.5. The van der Waals surface area contributed by atoms with E-state index in [1.165, 1.54) is 48.5 Å². The minimum absolute atomic E-state index is 0. The van der Waals surface area contributed by atoms with Gasteiger partial charge in [-0.2, -0.15) is 0 Å². The predicted octanol–water partition coefficient (Wildman–Crippen LogP) is 6.69. The average Bonchev–Trinajstić information content (AvgIpc) is 3.44. The van der Waals surface area contributed by atoms with Crippen molar-refractivity contribution in [1.82, 2.24) is 0 Å². The number of hydrogen-bond donors (Lipinski definition) is 0. The van der Waals surface area contributed by atoms with Crippen LogP contribution in [-0.2, 0) is 24.8 Å². The van der Waals surface area contributed by atoms with E-state index in [-0.39, 0.29) is 62.5 Å². The predicted molar refractivity (Wildman–Crippen MR) is 148 cm³/mol. The molecule has 0 aromatic heterocycles. The molecule has 3 aliphatic rings. The Bertz CT molecular complexity index is 1820. The van der Waals surface area contributed by atoms with Crippen LogP contribution in [0.5, 0.6) is 0 Å². The van der Waals surface area contributed by atoms with Crippen molar-refractivity contribution >= 4 is 17.2 Å². The van der Waals surface area contributed by atoms with Gasteiger partial charge in [-0.25, -0.2) is 0 Å². The second-order valence-corrected chi connectivity index (χ2v) is 16.8. The fraction of sp³-hybridized carbons (Fsp3) is 0.250. The van der Waals surface area contributed by atoms with Crippen molar-refractivity contribution in [2.24, 2.45) is 0 Å². The van der Waals surface area contributed by atoms with Crippen molar-refractivity contribution < 1.29 is 118 Å². The summed E-state index contributed by atoms with van der Waals surface area (Å²) in [5.41, 5.74) is -17.2. The molecule has 1 saturated heterocycles. The first-order chi connectivity index (χ1) is 22.2. The van der Waals surface area contributed by atoms with Crippen LogP contribution in [-0.4, -0.2) is 24.7 Å². The molecule has 17 heteroatoms. The number of benzene rings is 4. The molecule has 256 valence electrons. The number of rotatable bonds is 2. The topological polar surface area (TPSA) is 27.7 Å². The summed E-state index contributed by atoms with van der Waals surface area (Å²) in [6.45, 7) is -8.28. The Morgan fingerprint density at radius 1 is 0.449 bits per heavy atom. The van der Waals surface area contributed by atoms with Crippen LogP contribution in [0.4, 0.5) is 52.7 Å². The molecule has 3 nitrogen and oxygen atoms in total. The summed E-state index contributed by atoms with van der Waals surface area (Å²) >= 11 is 0. The third-order valence-electron chi connectivity index (χ3n) is 9.52.